The van der Waals surface area contributed by atoms with Gasteiger partial charge in [0.1, 0.15) is 18.4 Å². The number of carboxylic acid groups (broad SMARTS) is 1. The molecule has 0 aliphatic carbocycles. The summed E-state index contributed by atoms with van der Waals surface area (Å²) < 4.78 is 0. The van der Waals surface area contributed by atoms with E-state index in [1.54, 1.807) is 31.3 Å². The van der Waals surface area contributed by atoms with Crippen LogP contribution in [0.3, 0.4) is 0 Å². The molecule has 1 aromatic heterocycles. The Morgan fingerprint density at radius 3 is 2.89 bits per heavy atom. The number of fused-ring (bicyclic) bond motifs is 1. The van der Waals surface area contributed by atoms with Gasteiger partial charge in [-0.25, -0.2) is 4.98 Å². The highest BCUT2D eigenvalue weighted by atomic mass is 35.5. The fourth-order valence-corrected chi connectivity index (χ4v) is 1.95. The van der Waals surface area contributed by atoms with Gasteiger partial charge in [-0.15, -0.1) is 0 Å². The van der Waals surface area contributed by atoms with Crippen molar-refractivity contribution in [3.8, 4) is 6.07 Å². The molecule has 1 N–H and O–H groups in total. The second kappa shape index (κ2) is 5.12. The molecule has 2 aromatic rings. The van der Waals surface area contributed by atoms with E-state index in [1.165, 1.54) is 4.90 Å². The average Bonchev–Trinajstić information content (AvgIpc) is 2.36. The number of rotatable bonds is 3. The summed E-state index contributed by atoms with van der Waals surface area (Å²) in [6.45, 7) is -0.228. The maximum absolute atomic E-state index is 10.7. The summed E-state index contributed by atoms with van der Waals surface area (Å²) in [4.78, 5) is 16.5. The van der Waals surface area contributed by atoms with Crippen LogP contribution >= 0.6 is 11.6 Å². The summed E-state index contributed by atoms with van der Waals surface area (Å²) in [7, 11) is 1.58. The average molecular weight is 276 g/mol. The minimum absolute atomic E-state index is 0.228. The number of likely N-dealkylation sites (N-methyl/N-ethyl adjacent to an activating group) is 1. The van der Waals surface area contributed by atoms with Gasteiger partial charge in [-0.3, -0.25) is 4.79 Å². The van der Waals surface area contributed by atoms with Crippen LogP contribution < -0.4 is 4.90 Å². The molecule has 1 heterocycles. The number of aromatic nitrogens is 1. The van der Waals surface area contributed by atoms with Gasteiger partial charge in [-0.2, -0.15) is 5.26 Å². The summed E-state index contributed by atoms with van der Waals surface area (Å²) in [5.41, 5.74) is 0.956. The predicted octanol–water partition coefficient (Wildman–Crippen LogP) is 2.28. The lowest BCUT2D eigenvalue weighted by Gasteiger charge is -2.17. The van der Waals surface area contributed by atoms with Crippen LogP contribution in [0.4, 0.5) is 5.82 Å². The van der Waals surface area contributed by atoms with E-state index in [9.17, 15) is 4.79 Å². The zero-order valence-electron chi connectivity index (χ0n) is 10.1. The van der Waals surface area contributed by atoms with E-state index >= 15 is 0 Å². The van der Waals surface area contributed by atoms with Crippen molar-refractivity contribution in [1.82, 2.24) is 4.98 Å². The zero-order chi connectivity index (χ0) is 14.0. The third-order valence-electron chi connectivity index (χ3n) is 2.61. The molecular weight excluding hydrogens is 266 g/mol. The number of nitriles is 1. The SMILES string of the molecule is CN(CC(=O)O)c1nc2cc(Cl)ccc2cc1C#N. The molecule has 5 nitrogen and oxygen atoms in total. The van der Waals surface area contributed by atoms with E-state index < -0.39 is 5.97 Å². The standard InChI is InChI=1S/C13H10ClN3O2/c1-17(7-12(18)19)13-9(6-15)4-8-2-3-10(14)5-11(8)16-13/h2-5H,7H2,1H3,(H,18,19). The minimum atomic E-state index is -0.987. The molecule has 0 atom stereocenters. The molecule has 0 aliphatic rings. The molecule has 0 saturated carbocycles. The van der Waals surface area contributed by atoms with Crippen LogP contribution in [0.2, 0.25) is 5.02 Å². The lowest BCUT2D eigenvalue weighted by molar-refractivity contribution is -0.135. The molecule has 19 heavy (non-hydrogen) atoms. The van der Waals surface area contributed by atoms with Gasteiger partial charge in [0.2, 0.25) is 0 Å². The second-order valence-electron chi connectivity index (χ2n) is 4.06. The van der Waals surface area contributed by atoms with E-state index in [0.29, 0.717) is 21.9 Å². The molecule has 0 fully saturated rings. The molecule has 0 spiro atoms. The number of anilines is 1. The fourth-order valence-electron chi connectivity index (χ4n) is 1.78. The highest BCUT2D eigenvalue weighted by molar-refractivity contribution is 6.31. The Morgan fingerprint density at radius 2 is 2.26 bits per heavy atom. The van der Waals surface area contributed by atoms with Crippen molar-refractivity contribution >= 4 is 34.3 Å². The highest BCUT2D eigenvalue weighted by Gasteiger charge is 2.13. The molecule has 0 radical (unpaired) electrons. The highest BCUT2D eigenvalue weighted by Crippen LogP contribution is 2.24. The Bertz CT molecular complexity index is 694. The Hall–Kier alpha value is -2.32. The monoisotopic (exact) mass is 275 g/mol. The van der Waals surface area contributed by atoms with Crippen LogP contribution in [0, 0.1) is 11.3 Å². The first-order valence-electron chi connectivity index (χ1n) is 5.44. The third kappa shape index (κ3) is 2.75. The number of nitrogens with zero attached hydrogens (tertiary/aromatic N) is 3. The number of pyridine rings is 1. The Balaban J connectivity index is 2.58. The van der Waals surface area contributed by atoms with Gasteiger partial charge < -0.3 is 10.0 Å². The Kier molecular flexibility index (Phi) is 3.54. The summed E-state index contributed by atoms with van der Waals surface area (Å²) in [5, 5.41) is 19.2. The smallest absolute Gasteiger partial charge is 0.323 e. The molecule has 96 valence electrons. The van der Waals surface area contributed by atoms with Crippen LogP contribution in [0.15, 0.2) is 24.3 Å². The van der Waals surface area contributed by atoms with E-state index in [0.717, 1.165) is 5.39 Å². The van der Waals surface area contributed by atoms with Crippen molar-refractivity contribution in [2.75, 3.05) is 18.5 Å². The summed E-state index contributed by atoms with van der Waals surface area (Å²) in [5.74, 6) is -0.654. The summed E-state index contributed by atoms with van der Waals surface area (Å²) >= 11 is 5.90. The molecule has 2 rings (SSSR count). The molecule has 0 unspecified atom stereocenters. The van der Waals surface area contributed by atoms with Crippen LogP contribution in [0.5, 0.6) is 0 Å². The second-order valence-corrected chi connectivity index (χ2v) is 4.49. The van der Waals surface area contributed by atoms with Crippen molar-refractivity contribution in [3.05, 3.63) is 34.9 Å². The number of hydrogen-bond acceptors (Lipinski definition) is 4. The Morgan fingerprint density at radius 1 is 1.53 bits per heavy atom. The molecule has 0 bridgehead atoms. The first kappa shape index (κ1) is 13.1. The number of aliphatic carboxylic acids is 1. The number of benzene rings is 1. The quantitative estimate of drug-likeness (QED) is 0.930. The predicted molar refractivity (Wildman–Crippen MR) is 72.4 cm³/mol. The minimum Gasteiger partial charge on any atom is -0.480 e. The first-order valence-corrected chi connectivity index (χ1v) is 5.82. The van der Waals surface area contributed by atoms with Crippen LogP contribution in [-0.2, 0) is 4.79 Å². The van der Waals surface area contributed by atoms with Gasteiger partial charge >= 0.3 is 5.97 Å². The maximum Gasteiger partial charge on any atom is 0.323 e. The fraction of sp³-hybridized carbons (Fsp3) is 0.154. The van der Waals surface area contributed by atoms with Crippen molar-refractivity contribution in [2.24, 2.45) is 0 Å². The van der Waals surface area contributed by atoms with Gasteiger partial charge in [-0.1, -0.05) is 17.7 Å². The van der Waals surface area contributed by atoms with Gasteiger partial charge in [-0.05, 0) is 18.2 Å². The van der Waals surface area contributed by atoms with Crippen LogP contribution in [0.25, 0.3) is 10.9 Å². The van der Waals surface area contributed by atoms with E-state index in [1.807, 2.05) is 6.07 Å². The molecule has 6 heteroatoms. The largest absolute Gasteiger partial charge is 0.480 e. The number of hydrogen-bond donors (Lipinski definition) is 1. The van der Waals surface area contributed by atoms with Crippen molar-refractivity contribution in [3.63, 3.8) is 0 Å². The lowest BCUT2D eigenvalue weighted by atomic mass is 10.1. The van der Waals surface area contributed by atoms with Crippen LogP contribution in [0.1, 0.15) is 5.56 Å². The molecule has 0 aliphatic heterocycles. The van der Waals surface area contributed by atoms with Gasteiger partial charge in [0.15, 0.2) is 0 Å². The van der Waals surface area contributed by atoms with Gasteiger partial charge in [0.05, 0.1) is 11.1 Å². The van der Waals surface area contributed by atoms with Crippen molar-refractivity contribution in [2.45, 2.75) is 0 Å². The summed E-state index contributed by atoms with van der Waals surface area (Å²) in [6, 6.07) is 8.86. The summed E-state index contributed by atoms with van der Waals surface area (Å²) in [6.07, 6.45) is 0. The van der Waals surface area contributed by atoms with Gasteiger partial charge in [0.25, 0.3) is 0 Å². The van der Waals surface area contributed by atoms with Gasteiger partial charge in [0, 0.05) is 17.5 Å². The third-order valence-corrected chi connectivity index (χ3v) is 2.85. The van der Waals surface area contributed by atoms with E-state index in [2.05, 4.69) is 4.98 Å². The Labute approximate surface area is 114 Å². The number of halogens is 1. The molecule has 0 amide bonds. The topological polar surface area (TPSA) is 77.2 Å². The molecule has 1 aromatic carbocycles. The normalized spacial score (nSPS) is 10.2. The van der Waals surface area contributed by atoms with E-state index in [4.69, 9.17) is 22.0 Å². The number of carbonyl (C=O) groups is 1. The number of carboxylic acids is 1. The van der Waals surface area contributed by atoms with Crippen molar-refractivity contribution in [1.29, 1.82) is 5.26 Å². The van der Waals surface area contributed by atoms with Crippen LogP contribution in [-0.4, -0.2) is 29.7 Å². The molecule has 0 saturated heterocycles. The van der Waals surface area contributed by atoms with E-state index in [-0.39, 0.29) is 6.54 Å². The zero-order valence-corrected chi connectivity index (χ0v) is 10.8. The van der Waals surface area contributed by atoms with Crippen molar-refractivity contribution < 1.29 is 9.90 Å². The maximum atomic E-state index is 10.7. The molecular formula is C13H10ClN3O2. The first-order chi connectivity index (χ1) is 9.01. The lowest BCUT2D eigenvalue weighted by Crippen LogP contribution is -2.26.